The van der Waals surface area contributed by atoms with Crippen LogP contribution in [-0.4, -0.2) is 50.2 Å². The van der Waals surface area contributed by atoms with Gasteiger partial charge in [0.25, 0.3) is 5.91 Å². The fraction of sp³-hybridized carbons (Fsp3) is 0.185. The number of carbonyl (C=O) groups excluding carboxylic acids is 1. The van der Waals surface area contributed by atoms with Crippen molar-refractivity contribution >= 4 is 28.9 Å². The van der Waals surface area contributed by atoms with E-state index in [4.69, 9.17) is 16.7 Å². The lowest BCUT2D eigenvalue weighted by atomic mass is 9.97. The number of aromatic nitrogens is 2. The van der Waals surface area contributed by atoms with Gasteiger partial charge < -0.3 is 25.4 Å². The highest BCUT2D eigenvalue weighted by atomic mass is 35.5. The number of nitrogens with zero attached hydrogens (tertiary/aromatic N) is 2. The Morgan fingerprint density at radius 3 is 2.77 bits per heavy atom. The Labute approximate surface area is 208 Å². The van der Waals surface area contributed by atoms with Crippen LogP contribution >= 0.6 is 11.6 Å². The summed E-state index contributed by atoms with van der Waals surface area (Å²) in [6.07, 6.45) is 1.06. The topological polar surface area (TPSA) is 101 Å². The van der Waals surface area contributed by atoms with Gasteiger partial charge in [-0.05, 0) is 47.4 Å². The first-order valence-corrected chi connectivity index (χ1v) is 11.8. The molecule has 0 saturated carbocycles. The van der Waals surface area contributed by atoms with Gasteiger partial charge in [-0.1, -0.05) is 54.1 Å². The van der Waals surface area contributed by atoms with Crippen molar-refractivity contribution in [2.75, 3.05) is 18.5 Å². The first-order chi connectivity index (χ1) is 17.0. The largest absolute Gasteiger partial charge is 0.393 e. The number of carbonyl (C=O) groups is 1. The highest BCUT2D eigenvalue weighted by molar-refractivity contribution is 6.33. The molecular formula is C27H25ClN4O3. The molecule has 0 radical (unpaired) electrons. The van der Waals surface area contributed by atoms with Crippen LogP contribution in [0.4, 0.5) is 11.4 Å². The second kappa shape index (κ2) is 9.92. The fourth-order valence-corrected chi connectivity index (χ4v) is 4.57. The lowest BCUT2D eigenvalue weighted by Crippen LogP contribution is -2.43. The van der Waals surface area contributed by atoms with Crippen LogP contribution in [0.1, 0.15) is 11.1 Å². The van der Waals surface area contributed by atoms with E-state index in [1.807, 2.05) is 66.7 Å². The molecule has 1 aliphatic heterocycles. The van der Waals surface area contributed by atoms with Crippen molar-refractivity contribution in [3.05, 3.63) is 89.1 Å². The van der Waals surface area contributed by atoms with Gasteiger partial charge in [0, 0.05) is 30.0 Å². The Bertz CT molecular complexity index is 1360. The zero-order valence-corrected chi connectivity index (χ0v) is 19.7. The van der Waals surface area contributed by atoms with Crippen LogP contribution in [0.5, 0.6) is 0 Å². The van der Waals surface area contributed by atoms with E-state index in [0.29, 0.717) is 30.4 Å². The van der Waals surface area contributed by atoms with Gasteiger partial charge >= 0.3 is 0 Å². The van der Waals surface area contributed by atoms with Crippen molar-refractivity contribution in [3.63, 3.8) is 0 Å². The molecule has 1 aliphatic rings. The van der Waals surface area contributed by atoms with Gasteiger partial charge in [0.05, 0.1) is 23.5 Å². The quantitative estimate of drug-likeness (QED) is 0.322. The van der Waals surface area contributed by atoms with Crippen molar-refractivity contribution in [1.82, 2.24) is 14.9 Å². The van der Waals surface area contributed by atoms with Crippen LogP contribution in [0.25, 0.3) is 22.6 Å². The minimum absolute atomic E-state index is 0.390. The third kappa shape index (κ3) is 4.79. The number of aromatic amines is 1. The van der Waals surface area contributed by atoms with E-state index >= 15 is 0 Å². The summed E-state index contributed by atoms with van der Waals surface area (Å²) >= 11 is 6.52. The predicted octanol–water partition coefficient (Wildman–Crippen LogP) is 4.38. The molecule has 1 amide bonds. The molecular weight excluding hydrogens is 464 g/mol. The molecule has 0 spiro atoms. The van der Waals surface area contributed by atoms with Gasteiger partial charge in [-0.25, -0.2) is 4.98 Å². The molecule has 35 heavy (non-hydrogen) atoms. The number of hydrogen-bond acceptors (Lipinski definition) is 5. The first kappa shape index (κ1) is 23.1. The lowest BCUT2D eigenvalue weighted by Gasteiger charge is -2.31. The number of benzene rings is 3. The molecule has 1 aromatic heterocycles. The summed E-state index contributed by atoms with van der Waals surface area (Å²) in [7, 11) is 0. The van der Waals surface area contributed by atoms with Crippen LogP contribution in [0.15, 0.2) is 72.9 Å². The maximum absolute atomic E-state index is 12.3. The third-order valence-electron chi connectivity index (χ3n) is 6.20. The van der Waals surface area contributed by atoms with Crippen LogP contribution in [-0.2, 0) is 17.8 Å². The molecule has 0 saturated heterocycles. The summed E-state index contributed by atoms with van der Waals surface area (Å²) < 4.78 is 0. The number of rotatable bonds is 6. The van der Waals surface area contributed by atoms with E-state index in [1.165, 1.54) is 0 Å². The number of H-pyrrole nitrogens is 1. The normalized spacial score (nSPS) is 13.9. The number of nitrogens with one attached hydrogen (secondary N) is 2. The molecule has 3 aromatic carbocycles. The van der Waals surface area contributed by atoms with Crippen molar-refractivity contribution in [3.8, 4) is 22.6 Å². The molecule has 5 rings (SSSR count). The third-order valence-corrected chi connectivity index (χ3v) is 6.53. The van der Waals surface area contributed by atoms with Crippen molar-refractivity contribution in [1.29, 1.82) is 0 Å². The second-order valence-corrected chi connectivity index (χ2v) is 8.89. The molecule has 4 aromatic rings. The maximum Gasteiger partial charge on any atom is 0.254 e. The Hall–Kier alpha value is -3.65. The number of fused-ring (bicyclic) bond motifs is 1. The summed E-state index contributed by atoms with van der Waals surface area (Å²) in [5.41, 5.74) is 6.70. The molecule has 178 valence electrons. The number of aliphatic hydroxyl groups excluding tert-OH is 2. The Kier molecular flexibility index (Phi) is 6.55. The summed E-state index contributed by atoms with van der Waals surface area (Å²) in [5.74, 6) is 0.233. The zero-order chi connectivity index (χ0) is 24.4. The smallest absolute Gasteiger partial charge is 0.254 e. The van der Waals surface area contributed by atoms with E-state index in [-0.39, 0.29) is 0 Å². The summed E-state index contributed by atoms with van der Waals surface area (Å²) in [6.45, 7) is 0.286. The molecule has 7 nitrogen and oxygen atoms in total. The average Bonchev–Trinajstić information content (AvgIpc) is 3.39. The van der Waals surface area contributed by atoms with Crippen LogP contribution in [0.3, 0.4) is 0 Å². The minimum atomic E-state index is -1.38. The predicted molar refractivity (Wildman–Crippen MR) is 136 cm³/mol. The van der Waals surface area contributed by atoms with Gasteiger partial charge in [-0.3, -0.25) is 4.79 Å². The number of anilines is 2. The Morgan fingerprint density at radius 1 is 1.14 bits per heavy atom. The van der Waals surface area contributed by atoms with Crippen LogP contribution in [0, 0.1) is 0 Å². The van der Waals surface area contributed by atoms with E-state index < -0.39 is 18.6 Å². The van der Waals surface area contributed by atoms with Gasteiger partial charge in [-0.2, -0.15) is 0 Å². The van der Waals surface area contributed by atoms with Gasteiger partial charge in [-0.15, -0.1) is 0 Å². The van der Waals surface area contributed by atoms with Crippen molar-refractivity contribution in [2.45, 2.75) is 19.1 Å². The van der Waals surface area contributed by atoms with Gasteiger partial charge in [0.1, 0.15) is 5.82 Å². The maximum atomic E-state index is 12.3. The molecule has 2 heterocycles. The van der Waals surface area contributed by atoms with Crippen molar-refractivity contribution in [2.24, 2.45) is 0 Å². The standard InChI is InChI=1S/C27H25ClN4O3/c28-22-10-9-19(13-21(22)26-29-14-24(31-26)17-5-2-1-3-6-17)30-23-8-4-7-18-15-32(12-11-20(18)23)27(35)25(34)16-33/h1-10,13-14,25,30,33-34H,11-12,15-16H2,(H,29,31)/t25-/m0/s1. The SMILES string of the molecule is O=C([C@@H](O)CO)N1CCc2c(cccc2Nc2ccc(Cl)c(-c3ncc(-c4ccccc4)[nH]3)c2)C1. The first-order valence-electron chi connectivity index (χ1n) is 11.4. The Morgan fingerprint density at radius 2 is 1.97 bits per heavy atom. The molecule has 4 N–H and O–H groups in total. The van der Waals surface area contributed by atoms with E-state index in [2.05, 4.69) is 15.3 Å². The average molecular weight is 489 g/mol. The highest BCUT2D eigenvalue weighted by Gasteiger charge is 2.26. The van der Waals surface area contributed by atoms with Gasteiger partial charge in [0.2, 0.25) is 0 Å². The Balaban J connectivity index is 1.39. The van der Waals surface area contributed by atoms with Crippen LogP contribution < -0.4 is 5.32 Å². The number of halogens is 1. The number of imidazole rings is 1. The molecule has 8 heteroatoms. The molecule has 0 unspecified atom stereocenters. The van der Waals surface area contributed by atoms with Crippen LogP contribution in [0.2, 0.25) is 5.02 Å². The van der Waals surface area contributed by atoms with E-state index in [0.717, 1.165) is 39.3 Å². The number of hydrogen-bond donors (Lipinski definition) is 4. The molecule has 1 atom stereocenters. The summed E-state index contributed by atoms with van der Waals surface area (Å²) in [6, 6.07) is 21.6. The highest BCUT2D eigenvalue weighted by Crippen LogP contribution is 2.33. The molecule has 0 aliphatic carbocycles. The van der Waals surface area contributed by atoms with E-state index in [9.17, 15) is 9.90 Å². The summed E-state index contributed by atoms with van der Waals surface area (Å²) in [4.78, 5) is 21.8. The number of aliphatic hydroxyl groups is 2. The molecule has 0 fully saturated rings. The molecule has 0 bridgehead atoms. The summed E-state index contributed by atoms with van der Waals surface area (Å²) in [5, 5.41) is 22.9. The minimum Gasteiger partial charge on any atom is -0.393 e. The van der Waals surface area contributed by atoms with E-state index in [1.54, 1.807) is 11.1 Å². The van der Waals surface area contributed by atoms with Crippen molar-refractivity contribution < 1.29 is 15.0 Å². The fourth-order valence-electron chi connectivity index (χ4n) is 4.37. The number of amides is 1. The second-order valence-electron chi connectivity index (χ2n) is 8.48. The van der Waals surface area contributed by atoms with Gasteiger partial charge in [0.15, 0.2) is 6.10 Å². The lowest BCUT2D eigenvalue weighted by molar-refractivity contribution is -0.143. The zero-order valence-electron chi connectivity index (χ0n) is 18.9. The monoisotopic (exact) mass is 488 g/mol.